The largest absolute Gasteiger partial charge is 0.465 e. The Balaban J connectivity index is 1.73. The van der Waals surface area contributed by atoms with Gasteiger partial charge in [-0.25, -0.2) is 9.59 Å². The summed E-state index contributed by atoms with van der Waals surface area (Å²) >= 11 is 0. The number of hydrogen-bond donors (Lipinski definition) is 4. The van der Waals surface area contributed by atoms with Gasteiger partial charge < -0.3 is 20.5 Å². The maximum absolute atomic E-state index is 12.8. The van der Waals surface area contributed by atoms with Crippen LogP contribution in [0.3, 0.4) is 0 Å². The van der Waals surface area contributed by atoms with Gasteiger partial charge in [-0.3, -0.25) is 10.1 Å². The number of ether oxygens (including phenoxy) is 1. The lowest BCUT2D eigenvalue weighted by molar-refractivity contribution is 0.0635. The second-order valence-corrected chi connectivity index (χ2v) is 8.08. The molecule has 30 heavy (non-hydrogen) atoms. The number of hydrogen-bond acceptors (Lipinski definition) is 4. The molecule has 3 amide bonds. The molecule has 0 bridgehead atoms. The Kier molecular flexibility index (Phi) is 5.96. The highest BCUT2D eigenvalue weighted by atomic mass is 16.6. The van der Waals surface area contributed by atoms with Crippen LogP contribution in [0.4, 0.5) is 21.0 Å². The Bertz CT molecular complexity index is 981. The first-order valence-electron chi connectivity index (χ1n) is 9.65. The highest BCUT2D eigenvalue weighted by Crippen LogP contribution is 2.32. The van der Waals surface area contributed by atoms with Gasteiger partial charge in [0, 0.05) is 5.56 Å². The van der Waals surface area contributed by atoms with E-state index < -0.39 is 17.8 Å². The molecule has 1 atom stereocenters. The summed E-state index contributed by atoms with van der Waals surface area (Å²) in [6, 6.07) is 11.8. The third-order valence-corrected chi connectivity index (χ3v) is 4.59. The second kappa shape index (κ2) is 8.44. The number of nitrogens with one attached hydrogen (secondary N) is 3. The Labute approximate surface area is 174 Å². The van der Waals surface area contributed by atoms with Crippen LogP contribution in [0.5, 0.6) is 0 Å². The molecular weight excluding hydrogens is 386 g/mol. The molecule has 1 aliphatic carbocycles. The monoisotopic (exact) mass is 411 g/mol. The molecule has 0 saturated carbocycles. The topological polar surface area (TPSA) is 117 Å². The summed E-state index contributed by atoms with van der Waals surface area (Å²) in [7, 11) is 0. The van der Waals surface area contributed by atoms with Gasteiger partial charge in [0.05, 0.1) is 17.4 Å². The van der Waals surface area contributed by atoms with Gasteiger partial charge >= 0.3 is 12.2 Å². The molecule has 3 rings (SSSR count). The van der Waals surface area contributed by atoms with Gasteiger partial charge in [0.25, 0.3) is 5.91 Å². The van der Waals surface area contributed by atoms with E-state index >= 15 is 0 Å². The molecule has 0 saturated heterocycles. The minimum Gasteiger partial charge on any atom is -0.465 e. The van der Waals surface area contributed by atoms with Gasteiger partial charge in [0.15, 0.2) is 0 Å². The van der Waals surface area contributed by atoms with E-state index in [4.69, 9.17) is 9.84 Å². The summed E-state index contributed by atoms with van der Waals surface area (Å²) in [5.74, 6) is -0.328. The minimum atomic E-state index is -1.07. The van der Waals surface area contributed by atoms with Gasteiger partial charge in [-0.15, -0.1) is 0 Å². The first-order chi connectivity index (χ1) is 14.1. The van der Waals surface area contributed by atoms with Crippen molar-refractivity contribution in [1.82, 2.24) is 5.32 Å². The summed E-state index contributed by atoms with van der Waals surface area (Å²) in [4.78, 5) is 35.8. The van der Waals surface area contributed by atoms with Crippen LogP contribution < -0.4 is 16.0 Å². The van der Waals surface area contributed by atoms with Crippen LogP contribution in [0.2, 0.25) is 0 Å². The first kappa shape index (κ1) is 21.2. The van der Waals surface area contributed by atoms with Crippen molar-refractivity contribution < 1.29 is 24.2 Å². The molecule has 0 aliphatic heterocycles. The van der Waals surface area contributed by atoms with E-state index in [1.807, 2.05) is 0 Å². The van der Waals surface area contributed by atoms with E-state index in [1.165, 1.54) is 0 Å². The number of carbonyl (C=O) groups excluding carboxylic acids is 2. The van der Waals surface area contributed by atoms with E-state index in [0.717, 1.165) is 11.1 Å². The number of aryl methyl sites for hydroxylation is 1. The number of amides is 3. The van der Waals surface area contributed by atoms with Crippen LogP contribution in [0, 0.1) is 0 Å². The molecule has 0 fully saturated rings. The molecule has 8 nitrogen and oxygen atoms in total. The highest BCUT2D eigenvalue weighted by molar-refractivity contribution is 6.07. The van der Waals surface area contributed by atoms with E-state index in [1.54, 1.807) is 63.2 Å². The zero-order chi connectivity index (χ0) is 21.9. The van der Waals surface area contributed by atoms with Crippen LogP contribution in [0.25, 0.3) is 0 Å². The molecule has 0 radical (unpaired) electrons. The fraction of sp³-hybridized carbons (Fsp3) is 0.318. The van der Waals surface area contributed by atoms with Crippen molar-refractivity contribution in [1.29, 1.82) is 0 Å². The number of carboxylic acid groups (broad SMARTS) is 1. The average Bonchev–Trinajstić information content (AvgIpc) is 3.03. The summed E-state index contributed by atoms with van der Waals surface area (Å²) in [5.41, 5.74) is 2.52. The second-order valence-electron chi connectivity index (χ2n) is 8.08. The predicted molar refractivity (Wildman–Crippen MR) is 113 cm³/mol. The molecule has 1 unspecified atom stereocenters. The van der Waals surface area contributed by atoms with Gasteiger partial charge in [-0.05, 0) is 69.0 Å². The molecule has 0 spiro atoms. The molecule has 158 valence electrons. The third-order valence-electron chi connectivity index (χ3n) is 4.59. The van der Waals surface area contributed by atoms with Gasteiger partial charge in [0.1, 0.15) is 5.60 Å². The molecule has 0 aromatic heterocycles. The summed E-state index contributed by atoms with van der Waals surface area (Å²) in [6.07, 6.45) is -0.324. The van der Waals surface area contributed by atoms with Crippen molar-refractivity contribution >= 4 is 29.5 Å². The molecule has 1 aliphatic rings. The molecular formula is C22H25N3O5. The van der Waals surface area contributed by atoms with Gasteiger partial charge in [-0.1, -0.05) is 18.2 Å². The number of para-hydroxylation sites is 2. The number of anilines is 2. The minimum absolute atomic E-state index is 0.256. The number of fused-ring (bicyclic) bond motifs is 1. The summed E-state index contributed by atoms with van der Waals surface area (Å²) in [6.45, 7) is 5.31. The van der Waals surface area contributed by atoms with Gasteiger partial charge in [-0.2, -0.15) is 0 Å². The van der Waals surface area contributed by atoms with Crippen molar-refractivity contribution in [2.45, 2.75) is 45.3 Å². The number of rotatable bonds is 4. The molecule has 4 N–H and O–H groups in total. The normalized spacial score (nSPS) is 15.1. The number of benzene rings is 2. The van der Waals surface area contributed by atoms with Crippen molar-refractivity contribution in [2.24, 2.45) is 0 Å². The van der Waals surface area contributed by atoms with Gasteiger partial charge in [0.2, 0.25) is 0 Å². The Morgan fingerprint density at radius 1 is 1.03 bits per heavy atom. The SMILES string of the molecule is CC(C)(C)OC(=O)Nc1ccccc1NC(=O)c1ccc2c(c1)CCC2NC(=O)O. The zero-order valence-electron chi connectivity index (χ0n) is 17.1. The van der Waals surface area contributed by atoms with E-state index in [9.17, 15) is 14.4 Å². The van der Waals surface area contributed by atoms with Crippen molar-refractivity contribution in [3.05, 3.63) is 59.2 Å². The van der Waals surface area contributed by atoms with Crippen LogP contribution in [-0.4, -0.2) is 28.8 Å². The van der Waals surface area contributed by atoms with E-state index in [0.29, 0.717) is 29.8 Å². The summed E-state index contributed by atoms with van der Waals surface area (Å²) in [5, 5.41) is 16.9. The quantitative estimate of drug-likeness (QED) is 0.589. The van der Waals surface area contributed by atoms with E-state index in [-0.39, 0.29) is 11.9 Å². The fourth-order valence-corrected chi connectivity index (χ4v) is 3.37. The Morgan fingerprint density at radius 2 is 1.70 bits per heavy atom. The number of carbonyl (C=O) groups is 3. The van der Waals surface area contributed by atoms with Crippen molar-refractivity contribution in [3.8, 4) is 0 Å². The van der Waals surface area contributed by atoms with Crippen LogP contribution in [0.15, 0.2) is 42.5 Å². The highest BCUT2D eigenvalue weighted by Gasteiger charge is 2.25. The lowest BCUT2D eigenvalue weighted by Crippen LogP contribution is -2.27. The first-order valence-corrected chi connectivity index (χ1v) is 9.65. The predicted octanol–water partition coefficient (Wildman–Crippen LogP) is 4.54. The fourth-order valence-electron chi connectivity index (χ4n) is 3.37. The molecule has 2 aromatic carbocycles. The lowest BCUT2D eigenvalue weighted by atomic mass is 10.0. The molecule has 2 aromatic rings. The average molecular weight is 411 g/mol. The van der Waals surface area contributed by atoms with Crippen LogP contribution in [-0.2, 0) is 11.2 Å². The maximum atomic E-state index is 12.8. The van der Waals surface area contributed by atoms with Crippen LogP contribution in [0.1, 0.15) is 54.7 Å². The summed E-state index contributed by atoms with van der Waals surface area (Å²) < 4.78 is 5.26. The Hall–Kier alpha value is -3.55. The zero-order valence-corrected chi connectivity index (χ0v) is 17.1. The van der Waals surface area contributed by atoms with E-state index in [2.05, 4.69) is 16.0 Å². The Morgan fingerprint density at radius 3 is 2.33 bits per heavy atom. The maximum Gasteiger partial charge on any atom is 0.412 e. The third kappa shape index (κ3) is 5.28. The smallest absolute Gasteiger partial charge is 0.412 e. The van der Waals surface area contributed by atoms with Crippen LogP contribution >= 0.6 is 0 Å². The molecule has 8 heteroatoms. The lowest BCUT2D eigenvalue weighted by Gasteiger charge is -2.20. The van der Waals surface area contributed by atoms with Crippen molar-refractivity contribution in [2.75, 3.05) is 10.6 Å². The van der Waals surface area contributed by atoms with Crippen molar-refractivity contribution in [3.63, 3.8) is 0 Å². The standard InChI is InChI=1S/C22H25N3O5/c1-22(2,3)30-21(29)25-18-7-5-4-6-17(18)23-19(26)14-8-10-15-13(12-14)9-11-16(15)24-20(27)28/h4-8,10,12,16,24H,9,11H2,1-3H3,(H,23,26)(H,25,29)(H,27,28). The molecule has 0 heterocycles.